The third-order valence-corrected chi connectivity index (χ3v) is 4.05. The zero-order chi connectivity index (χ0) is 15.5. The molecule has 0 aliphatic carbocycles. The predicted octanol–water partition coefficient (Wildman–Crippen LogP) is 1.87. The lowest BCUT2D eigenvalue weighted by Crippen LogP contribution is -2.31. The van der Waals surface area contributed by atoms with Crippen molar-refractivity contribution in [2.75, 3.05) is 13.6 Å². The minimum Gasteiger partial charge on any atom is -0.465 e. The van der Waals surface area contributed by atoms with Crippen LogP contribution in [0.15, 0.2) is 16.5 Å². The summed E-state index contributed by atoms with van der Waals surface area (Å²) < 4.78 is 5.85. The lowest BCUT2D eigenvalue weighted by atomic mass is 10.0. The van der Waals surface area contributed by atoms with E-state index in [1.54, 1.807) is 7.05 Å². The summed E-state index contributed by atoms with van der Waals surface area (Å²) in [6, 6.07) is 4.11. The Balaban J connectivity index is 1.70. The Kier molecular flexibility index (Phi) is 4.29. The summed E-state index contributed by atoms with van der Waals surface area (Å²) in [4.78, 5) is 14.1. The van der Waals surface area contributed by atoms with Crippen LogP contribution in [0.25, 0.3) is 0 Å². The van der Waals surface area contributed by atoms with Crippen molar-refractivity contribution >= 4 is 5.91 Å². The maximum Gasteiger partial charge on any atom is 0.271 e. The maximum absolute atomic E-state index is 11.9. The Morgan fingerprint density at radius 1 is 1.45 bits per heavy atom. The molecule has 1 aliphatic heterocycles. The van der Waals surface area contributed by atoms with Crippen LogP contribution in [-0.2, 0) is 25.9 Å². The van der Waals surface area contributed by atoms with Gasteiger partial charge < -0.3 is 9.73 Å². The van der Waals surface area contributed by atoms with Crippen LogP contribution in [0.4, 0.5) is 0 Å². The number of hydrogen-bond donors (Lipinski definition) is 2. The van der Waals surface area contributed by atoms with E-state index in [-0.39, 0.29) is 5.91 Å². The summed E-state index contributed by atoms with van der Waals surface area (Å²) in [6.45, 7) is 4.57. The number of H-pyrrole nitrogens is 1. The largest absolute Gasteiger partial charge is 0.465 e. The molecule has 2 aromatic rings. The molecule has 2 N–H and O–H groups in total. The standard InChI is InChI=1S/C16H22N4O2/c1-3-4-11-5-6-12(22-11)9-20-8-7-14-13(10-20)15(19-18-14)16(21)17-2/h5-6H,3-4,7-10H2,1-2H3,(H,17,21)(H,18,19). The summed E-state index contributed by atoms with van der Waals surface area (Å²) in [5, 5.41) is 9.78. The number of amides is 1. The monoisotopic (exact) mass is 302 g/mol. The first kappa shape index (κ1) is 14.8. The molecule has 0 atom stereocenters. The van der Waals surface area contributed by atoms with E-state index in [9.17, 15) is 4.79 Å². The third kappa shape index (κ3) is 2.92. The van der Waals surface area contributed by atoms with Crippen LogP contribution < -0.4 is 5.32 Å². The molecule has 0 bridgehead atoms. The molecule has 118 valence electrons. The Hall–Kier alpha value is -2.08. The van der Waals surface area contributed by atoms with Gasteiger partial charge in [-0.2, -0.15) is 5.10 Å². The second-order valence-corrected chi connectivity index (χ2v) is 5.69. The minimum absolute atomic E-state index is 0.136. The molecule has 0 radical (unpaired) electrons. The lowest BCUT2D eigenvalue weighted by Gasteiger charge is -2.25. The SMILES string of the molecule is CCCc1ccc(CN2CCc3[nH]nc(C(=O)NC)c3C2)o1. The van der Waals surface area contributed by atoms with Gasteiger partial charge in [-0.25, -0.2) is 0 Å². The van der Waals surface area contributed by atoms with E-state index in [1.807, 2.05) is 0 Å². The van der Waals surface area contributed by atoms with Crippen LogP contribution in [0.5, 0.6) is 0 Å². The number of rotatable bonds is 5. The third-order valence-electron chi connectivity index (χ3n) is 4.05. The average Bonchev–Trinajstić information content (AvgIpc) is 3.13. The van der Waals surface area contributed by atoms with Crippen LogP contribution in [-0.4, -0.2) is 34.6 Å². The van der Waals surface area contributed by atoms with Crippen LogP contribution in [0.1, 0.15) is 46.6 Å². The number of fused-ring (bicyclic) bond motifs is 1. The zero-order valence-electron chi connectivity index (χ0n) is 13.1. The first-order valence-electron chi connectivity index (χ1n) is 7.79. The summed E-state index contributed by atoms with van der Waals surface area (Å²) >= 11 is 0. The van der Waals surface area contributed by atoms with Crippen molar-refractivity contribution in [1.82, 2.24) is 20.4 Å². The molecule has 3 rings (SSSR count). The highest BCUT2D eigenvalue weighted by atomic mass is 16.3. The molecule has 3 heterocycles. The van der Waals surface area contributed by atoms with Gasteiger partial charge in [-0.15, -0.1) is 0 Å². The number of carbonyl (C=O) groups excluding carboxylic acids is 1. The van der Waals surface area contributed by atoms with Gasteiger partial charge in [0.15, 0.2) is 5.69 Å². The Morgan fingerprint density at radius 3 is 3.05 bits per heavy atom. The lowest BCUT2D eigenvalue weighted by molar-refractivity contribution is 0.0955. The molecule has 1 aliphatic rings. The fraction of sp³-hybridized carbons (Fsp3) is 0.500. The Labute approximate surface area is 129 Å². The van der Waals surface area contributed by atoms with Crippen molar-refractivity contribution in [3.8, 4) is 0 Å². The molecule has 6 heteroatoms. The van der Waals surface area contributed by atoms with E-state index in [0.29, 0.717) is 5.69 Å². The number of furan rings is 1. The van der Waals surface area contributed by atoms with Gasteiger partial charge in [0.1, 0.15) is 11.5 Å². The maximum atomic E-state index is 11.9. The smallest absolute Gasteiger partial charge is 0.271 e. The van der Waals surface area contributed by atoms with Gasteiger partial charge in [-0.05, 0) is 18.6 Å². The summed E-state index contributed by atoms with van der Waals surface area (Å²) in [6.07, 6.45) is 2.94. The quantitative estimate of drug-likeness (QED) is 0.884. The van der Waals surface area contributed by atoms with E-state index < -0.39 is 0 Å². The number of hydrogen-bond acceptors (Lipinski definition) is 4. The van der Waals surface area contributed by atoms with E-state index in [1.165, 1.54) is 0 Å². The molecule has 1 amide bonds. The average molecular weight is 302 g/mol. The first-order chi connectivity index (χ1) is 10.7. The van der Waals surface area contributed by atoms with E-state index in [2.05, 4.69) is 39.5 Å². The highest BCUT2D eigenvalue weighted by molar-refractivity contribution is 5.93. The Bertz CT molecular complexity index is 659. The van der Waals surface area contributed by atoms with Crippen LogP contribution in [0.2, 0.25) is 0 Å². The van der Waals surface area contributed by atoms with Gasteiger partial charge in [0, 0.05) is 44.2 Å². The summed E-state index contributed by atoms with van der Waals surface area (Å²) in [5.74, 6) is 1.89. The molecule has 6 nitrogen and oxygen atoms in total. The highest BCUT2D eigenvalue weighted by Gasteiger charge is 2.25. The van der Waals surface area contributed by atoms with Gasteiger partial charge in [-0.3, -0.25) is 14.8 Å². The number of aryl methyl sites for hydroxylation is 1. The second-order valence-electron chi connectivity index (χ2n) is 5.69. The highest BCUT2D eigenvalue weighted by Crippen LogP contribution is 2.22. The van der Waals surface area contributed by atoms with Crippen molar-refractivity contribution in [3.63, 3.8) is 0 Å². The molecule has 2 aromatic heterocycles. The summed E-state index contributed by atoms with van der Waals surface area (Å²) in [5.41, 5.74) is 2.58. The van der Waals surface area contributed by atoms with Gasteiger partial charge in [0.2, 0.25) is 0 Å². The number of aromatic nitrogens is 2. The molecular formula is C16H22N4O2. The first-order valence-corrected chi connectivity index (χ1v) is 7.79. The van der Waals surface area contributed by atoms with Crippen molar-refractivity contribution in [2.45, 2.75) is 39.3 Å². The second kappa shape index (κ2) is 6.36. The molecule has 0 fully saturated rings. The number of nitrogens with zero attached hydrogens (tertiary/aromatic N) is 2. The fourth-order valence-electron chi connectivity index (χ4n) is 2.90. The van der Waals surface area contributed by atoms with Gasteiger partial charge in [0.05, 0.1) is 6.54 Å². The van der Waals surface area contributed by atoms with Crippen LogP contribution >= 0.6 is 0 Å². The molecular weight excluding hydrogens is 280 g/mol. The van der Waals surface area contributed by atoms with Crippen molar-refractivity contribution < 1.29 is 9.21 Å². The number of aromatic amines is 1. The topological polar surface area (TPSA) is 74.2 Å². The number of carbonyl (C=O) groups is 1. The van der Waals surface area contributed by atoms with Crippen LogP contribution in [0, 0.1) is 0 Å². The van der Waals surface area contributed by atoms with E-state index >= 15 is 0 Å². The van der Waals surface area contributed by atoms with Gasteiger partial charge in [0.25, 0.3) is 5.91 Å². The Morgan fingerprint density at radius 2 is 2.27 bits per heavy atom. The summed E-state index contributed by atoms with van der Waals surface area (Å²) in [7, 11) is 1.63. The number of nitrogens with one attached hydrogen (secondary N) is 2. The minimum atomic E-state index is -0.136. The molecule has 22 heavy (non-hydrogen) atoms. The normalized spacial score (nSPS) is 14.8. The van der Waals surface area contributed by atoms with Crippen molar-refractivity contribution in [2.24, 2.45) is 0 Å². The van der Waals surface area contributed by atoms with Crippen LogP contribution in [0.3, 0.4) is 0 Å². The van der Waals surface area contributed by atoms with Crippen molar-refractivity contribution in [3.05, 3.63) is 40.6 Å². The van der Waals surface area contributed by atoms with Crippen molar-refractivity contribution in [1.29, 1.82) is 0 Å². The molecule has 0 spiro atoms. The molecule has 0 saturated heterocycles. The van der Waals surface area contributed by atoms with Gasteiger partial charge >= 0.3 is 0 Å². The predicted molar refractivity (Wildman–Crippen MR) is 82.5 cm³/mol. The molecule has 0 aromatic carbocycles. The fourth-order valence-corrected chi connectivity index (χ4v) is 2.90. The molecule has 0 unspecified atom stereocenters. The van der Waals surface area contributed by atoms with E-state index in [4.69, 9.17) is 4.42 Å². The van der Waals surface area contributed by atoms with E-state index in [0.717, 1.165) is 61.7 Å². The van der Waals surface area contributed by atoms with Gasteiger partial charge in [-0.1, -0.05) is 6.92 Å². The molecule has 0 saturated carbocycles. The zero-order valence-corrected chi connectivity index (χ0v) is 13.1.